The van der Waals surface area contributed by atoms with Crippen LogP contribution in [0.1, 0.15) is 18.5 Å². The van der Waals surface area contributed by atoms with Crippen molar-refractivity contribution >= 4 is 17.4 Å². The molecule has 0 aliphatic heterocycles. The fourth-order valence-electron chi connectivity index (χ4n) is 1.72. The van der Waals surface area contributed by atoms with Gasteiger partial charge in [0, 0.05) is 12.6 Å². The third-order valence-corrected chi connectivity index (χ3v) is 3.02. The molecule has 0 radical (unpaired) electrons. The molecule has 0 amide bonds. The van der Waals surface area contributed by atoms with Gasteiger partial charge in [-0.25, -0.2) is 4.98 Å². The minimum atomic E-state index is -0.162. The van der Waals surface area contributed by atoms with Crippen LogP contribution in [0.4, 0.5) is 5.82 Å². The van der Waals surface area contributed by atoms with Gasteiger partial charge in [-0.2, -0.15) is 0 Å². The quantitative estimate of drug-likeness (QED) is 0.815. The van der Waals surface area contributed by atoms with Gasteiger partial charge in [0.2, 0.25) is 0 Å². The van der Waals surface area contributed by atoms with E-state index in [1.807, 2.05) is 6.07 Å². The van der Waals surface area contributed by atoms with Gasteiger partial charge >= 0.3 is 0 Å². The predicted molar refractivity (Wildman–Crippen MR) is 62.6 cm³/mol. The first-order valence-corrected chi connectivity index (χ1v) is 5.78. The van der Waals surface area contributed by atoms with E-state index >= 15 is 0 Å². The van der Waals surface area contributed by atoms with E-state index in [4.69, 9.17) is 21.8 Å². The van der Waals surface area contributed by atoms with Crippen LogP contribution >= 0.6 is 11.6 Å². The molecule has 0 saturated heterocycles. The van der Waals surface area contributed by atoms with E-state index in [9.17, 15) is 0 Å². The maximum Gasteiger partial charge on any atom is 0.129 e. The van der Waals surface area contributed by atoms with Crippen LogP contribution in [-0.2, 0) is 6.61 Å². The summed E-state index contributed by atoms with van der Waals surface area (Å²) in [6.45, 7) is 0.518. The van der Waals surface area contributed by atoms with Gasteiger partial charge in [-0.3, -0.25) is 0 Å². The Labute approximate surface area is 99.5 Å². The number of halogens is 1. The maximum absolute atomic E-state index is 9.09. The molecule has 5 heteroatoms. The minimum absolute atomic E-state index is 0.106. The summed E-state index contributed by atoms with van der Waals surface area (Å²) in [4.78, 5) is 6.37. The lowest BCUT2D eigenvalue weighted by Crippen LogP contribution is -2.29. The molecule has 16 heavy (non-hydrogen) atoms. The highest BCUT2D eigenvalue weighted by molar-refractivity contribution is 6.31. The number of pyridine rings is 1. The molecule has 2 rings (SSSR count). The van der Waals surface area contributed by atoms with E-state index in [0.717, 1.165) is 18.7 Å². The van der Waals surface area contributed by atoms with Crippen LogP contribution in [0, 0.1) is 0 Å². The van der Waals surface area contributed by atoms with E-state index in [1.165, 1.54) is 0 Å². The summed E-state index contributed by atoms with van der Waals surface area (Å²) in [6.07, 6.45) is 2.28. The van der Waals surface area contributed by atoms with Crippen molar-refractivity contribution in [3.63, 3.8) is 0 Å². The van der Waals surface area contributed by atoms with Gasteiger partial charge in [-0.15, -0.1) is 0 Å². The fourth-order valence-corrected chi connectivity index (χ4v) is 1.89. The Morgan fingerprint density at radius 2 is 2.12 bits per heavy atom. The topological polar surface area (TPSA) is 56.6 Å². The molecule has 4 nitrogen and oxygen atoms in total. The Morgan fingerprint density at radius 3 is 2.69 bits per heavy atom. The van der Waals surface area contributed by atoms with Gasteiger partial charge in [0.15, 0.2) is 0 Å². The second kappa shape index (κ2) is 4.99. The van der Waals surface area contributed by atoms with Crippen molar-refractivity contribution in [2.75, 3.05) is 18.1 Å². The number of hydrogen-bond donors (Lipinski definition) is 2. The zero-order valence-corrected chi connectivity index (χ0v) is 9.69. The van der Waals surface area contributed by atoms with Gasteiger partial charge in [0.05, 0.1) is 23.9 Å². The molecule has 1 fully saturated rings. The van der Waals surface area contributed by atoms with Gasteiger partial charge in [0.1, 0.15) is 5.82 Å². The van der Waals surface area contributed by atoms with Crippen LogP contribution in [0.3, 0.4) is 0 Å². The molecule has 2 N–H and O–H groups in total. The molecule has 0 unspecified atom stereocenters. The summed E-state index contributed by atoms with van der Waals surface area (Å²) in [6, 6.07) is 4.05. The highest BCUT2D eigenvalue weighted by Gasteiger charge is 2.29. The molecule has 1 aliphatic rings. The van der Waals surface area contributed by atoms with Crippen LogP contribution in [0.25, 0.3) is 0 Å². The number of aliphatic hydroxyl groups excluding tert-OH is 2. The van der Waals surface area contributed by atoms with Crippen LogP contribution < -0.4 is 4.90 Å². The zero-order valence-electron chi connectivity index (χ0n) is 8.93. The van der Waals surface area contributed by atoms with Crippen molar-refractivity contribution in [3.8, 4) is 0 Å². The normalized spacial score (nSPS) is 15.2. The van der Waals surface area contributed by atoms with E-state index in [2.05, 4.69) is 9.88 Å². The molecular weight excluding hydrogens is 228 g/mol. The van der Waals surface area contributed by atoms with E-state index in [-0.39, 0.29) is 13.2 Å². The van der Waals surface area contributed by atoms with Gasteiger partial charge in [-0.05, 0) is 25.0 Å². The van der Waals surface area contributed by atoms with Crippen molar-refractivity contribution in [3.05, 3.63) is 22.8 Å². The summed E-state index contributed by atoms with van der Waals surface area (Å²) in [5.41, 5.74) is 0.489. The molecule has 1 aromatic rings. The molecule has 1 saturated carbocycles. The summed E-state index contributed by atoms with van der Waals surface area (Å²) in [5, 5.41) is 18.6. The molecule has 0 spiro atoms. The molecule has 88 valence electrons. The standard InChI is InChI=1S/C11H15ClN2O2/c12-9-3-4-11(13-10(9)7-16)14(5-6-15)8-1-2-8/h3-4,8,15-16H,1-2,5-7H2. The third-order valence-electron chi connectivity index (χ3n) is 2.68. The lowest BCUT2D eigenvalue weighted by molar-refractivity contribution is 0.277. The Bertz CT molecular complexity index is 369. The first-order valence-electron chi connectivity index (χ1n) is 5.40. The van der Waals surface area contributed by atoms with Crippen molar-refractivity contribution in [2.24, 2.45) is 0 Å². The van der Waals surface area contributed by atoms with Gasteiger partial charge in [-0.1, -0.05) is 11.6 Å². The molecule has 1 heterocycles. The van der Waals surface area contributed by atoms with E-state index < -0.39 is 0 Å². The Hall–Kier alpha value is -0.840. The number of rotatable bonds is 5. The summed E-state index contributed by atoms with van der Waals surface area (Å²) < 4.78 is 0. The molecule has 0 atom stereocenters. The zero-order chi connectivity index (χ0) is 11.5. The van der Waals surface area contributed by atoms with Crippen LogP contribution in [-0.4, -0.2) is 34.4 Å². The van der Waals surface area contributed by atoms with Crippen molar-refractivity contribution in [2.45, 2.75) is 25.5 Å². The number of aliphatic hydroxyl groups is 2. The Balaban J connectivity index is 2.23. The predicted octanol–water partition coefficient (Wildman–Crippen LogP) is 1.19. The first kappa shape index (κ1) is 11.6. The number of hydrogen-bond acceptors (Lipinski definition) is 4. The molecule has 1 aromatic heterocycles. The number of anilines is 1. The first-order chi connectivity index (χ1) is 7.76. The average Bonchev–Trinajstić information content (AvgIpc) is 3.11. The van der Waals surface area contributed by atoms with Crippen molar-refractivity contribution < 1.29 is 10.2 Å². The molecule has 0 aromatic carbocycles. The molecule has 1 aliphatic carbocycles. The second-order valence-corrected chi connectivity index (χ2v) is 4.31. The molecular formula is C11H15ClN2O2. The lowest BCUT2D eigenvalue weighted by Gasteiger charge is -2.23. The fraction of sp³-hybridized carbons (Fsp3) is 0.545. The highest BCUT2D eigenvalue weighted by Crippen LogP contribution is 2.31. The van der Waals surface area contributed by atoms with Crippen LogP contribution in [0.5, 0.6) is 0 Å². The van der Waals surface area contributed by atoms with E-state index in [1.54, 1.807) is 6.07 Å². The maximum atomic E-state index is 9.09. The number of aromatic nitrogens is 1. The van der Waals surface area contributed by atoms with Gasteiger partial charge in [0.25, 0.3) is 0 Å². The monoisotopic (exact) mass is 242 g/mol. The SMILES string of the molecule is OCCN(c1ccc(Cl)c(CO)n1)C1CC1. The van der Waals surface area contributed by atoms with Gasteiger partial charge < -0.3 is 15.1 Å². The Kier molecular flexibility index (Phi) is 3.63. The van der Waals surface area contributed by atoms with Crippen LogP contribution in [0.2, 0.25) is 5.02 Å². The Morgan fingerprint density at radius 1 is 1.38 bits per heavy atom. The van der Waals surface area contributed by atoms with E-state index in [0.29, 0.717) is 23.3 Å². The summed E-state index contributed by atoms with van der Waals surface area (Å²) in [7, 11) is 0. The average molecular weight is 243 g/mol. The largest absolute Gasteiger partial charge is 0.395 e. The minimum Gasteiger partial charge on any atom is -0.395 e. The number of nitrogens with zero attached hydrogens (tertiary/aromatic N) is 2. The second-order valence-electron chi connectivity index (χ2n) is 3.90. The summed E-state index contributed by atoms with van der Waals surface area (Å²) >= 11 is 5.88. The highest BCUT2D eigenvalue weighted by atomic mass is 35.5. The van der Waals surface area contributed by atoms with Crippen molar-refractivity contribution in [1.29, 1.82) is 0 Å². The summed E-state index contributed by atoms with van der Waals surface area (Å²) in [5.74, 6) is 0.782. The third kappa shape index (κ3) is 2.45. The van der Waals surface area contributed by atoms with Crippen molar-refractivity contribution in [1.82, 2.24) is 4.98 Å². The smallest absolute Gasteiger partial charge is 0.129 e. The lowest BCUT2D eigenvalue weighted by atomic mass is 10.3. The molecule has 0 bridgehead atoms. The van der Waals surface area contributed by atoms with Crippen LogP contribution in [0.15, 0.2) is 12.1 Å².